The van der Waals surface area contributed by atoms with Gasteiger partial charge in [-0.15, -0.1) is 0 Å². The van der Waals surface area contributed by atoms with Gasteiger partial charge < -0.3 is 5.32 Å². The molecule has 0 bridgehead atoms. The largest absolute Gasteiger partial charge is 0.446 e. The second kappa shape index (κ2) is 4.16. The standard InChI is InChI=1S/C11H11F3N2O2/c1-2-15-9(17)16-10(18-16,11(12,13)14)8-6-4-3-5-7-8/h3-7H,2H2,1H3,(H,15,17). The lowest BCUT2D eigenvalue weighted by Crippen LogP contribution is -2.39. The predicted molar refractivity (Wildman–Crippen MR) is 56.2 cm³/mol. The zero-order chi connectivity index (χ0) is 13.4. The molecule has 0 aliphatic carbocycles. The van der Waals surface area contributed by atoms with Gasteiger partial charge in [-0.1, -0.05) is 30.3 Å². The molecule has 1 aromatic rings. The topological polar surface area (TPSA) is 44.6 Å². The van der Waals surface area contributed by atoms with E-state index in [0.29, 0.717) is 5.06 Å². The van der Waals surface area contributed by atoms with Crippen molar-refractivity contribution in [3.05, 3.63) is 35.9 Å². The third-order valence-corrected chi connectivity index (χ3v) is 2.54. The smallest absolute Gasteiger partial charge is 0.336 e. The highest BCUT2D eigenvalue weighted by atomic mass is 19.4. The number of hydroxylamine groups is 2. The van der Waals surface area contributed by atoms with Crippen LogP contribution in [0.4, 0.5) is 18.0 Å². The van der Waals surface area contributed by atoms with Crippen molar-refractivity contribution in [1.29, 1.82) is 0 Å². The third kappa shape index (κ3) is 1.80. The van der Waals surface area contributed by atoms with Crippen molar-refractivity contribution in [1.82, 2.24) is 10.4 Å². The van der Waals surface area contributed by atoms with Gasteiger partial charge in [-0.25, -0.2) is 9.63 Å². The lowest BCUT2D eigenvalue weighted by atomic mass is 10.0. The second-order valence-corrected chi connectivity index (χ2v) is 3.73. The minimum atomic E-state index is -4.70. The van der Waals surface area contributed by atoms with E-state index in [1.165, 1.54) is 24.3 Å². The van der Waals surface area contributed by atoms with Crippen molar-refractivity contribution in [2.24, 2.45) is 0 Å². The Kier molecular flexibility index (Phi) is 2.94. The van der Waals surface area contributed by atoms with E-state index in [1.54, 1.807) is 13.0 Å². The maximum absolute atomic E-state index is 13.1. The average Bonchev–Trinajstić information content (AvgIpc) is 3.06. The highest BCUT2D eigenvalue weighted by Gasteiger charge is 2.76. The summed E-state index contributed by atoms with van der Waals surface area (Å²) in [4.78, 5) is 16.0. The molecule has 1 heterocycles. The number of benzene rings is 1. The lowest BCUT2D eigenvalue weighted by Gasteiger charge is -2.15. The quantitative estimate of drug-likeness (QED) is 0.830. The molecule has 98 valence electrons. The van der Waals surface area contributed by atoms with Crippen LogP contribution in [-0.2, 0) is 10.6 Å². The number of hydrogen-bond acceptors (Lipinski definition) is 2. The van der Waals surface area contributed by atoms with Crippen molar-refractivity contribution in [3.8, 4) is 0 Å². The van der Waals surface area contributed by atoms with E-state index in [0.717, 1.165) is 0 Å². The predicted octanol–water partition coefficient (Wildman–Crippen LogP) is 2.38. The summed E-state index contributed by atoms with van der Waals surface area (Å²) in [5.74, 6) is 0. The van der Waals surface area contributed by atoms with Gasteiger partial charge in [0.05, 0.1) is 0 Å². The summed E-state index contributed by atoms with van der Waals surface area (Å²) in [7, 11) is 0. The number of urea groups is 1. The number of carbonyl (C=O) groups excluding carboxylic acids is 1. The van der Waals surface area contributed by atoms with E-state index >= 15 is 0 Å². The summed E-state index contributed by atoms with van der Waals surface area (Å²) in [6.45, 7) is 1.83. The Labute approximate surface area is 101 Å². The van der Waals surface area contributed by atoms with Crippen LogP contribution in [0.3, 0.4) is 0 Å². The molecular formula is C11H11F3N2O2. The summed E-state index contributed by atoms with van der Waals surface area (Å²) in [5.41, 5.74) is -2.78. The fourth-order valence-electron chi connectivity index (χ4n) is 1.68. The number of nitrogens with zero attached hydrogens (tertiary/aromatic N) is 1. The lowest BCUT2D eigenvalue weighted by molar-refractivity contribution is -0.190. The molecule has 0 aromatic heterocycles. The van der Waals surface area contributed by atoms with Gasteiger partial charge in [0.15, 0.2) is 0 Å². The second-order valence-electron chi connectivity index (χ2n) is 3.73. The van der Waals surface area contributed by atoms with Crippen molar-refractivity contribution >= 4 is 6.03 Å². The van der Waals surface area contributed by atoms with Crippen molar-refractivity contribution in [2.75, 3.05) is 6.54 Å². The molecule has 0 spiro atoms. The van der Waals surface area contributed by atoms with E-state index in [1.807, 2.05) is 0 Å². The van der Waals surface area contributed by atoms with Gasteiger partial charge in [-0.05, 0) is 6.92 Å². The summed E-state index contributed by atoms with van der Waals surface area (Å²) in [5, 5.41) is 2.58. The molecule has 7 heteroatoms. The molecule has 0 saturated carbocycles. The van der Waals surface area contributed by atoms with Crippen LogP contribution >= 0.6 is 0 Å². The van der Waals surface area contributed by atoms with E-state index in [-0.39, 0.29) is 12.1 Å². The monoisotopic (exact) mass is 260 g/mol. The normalized spacial score (nSPS) is 22.8. The van der Waals surface area contributed by atoms with Crippen LogP contribution in [-0.4, -0.2) is 23.8 Å². The van der Waals surface area contributed by atoms with Crippen LogP contribution in [0.15, 0.2) is 30.3 Å². The Morgan fingerprint density at radius 3 is 2.50 bits per heavy atom. The molecule has 1 N–H and O–H groups in total. The Bertz CT molecular complexity index is 449. The minimum Gasteiger partial charge on any atom is -0.336 e. The first-order valence-corrected chi connectivity index (χ1v) is 5.33. The Balaban J connectivity index is 2.33. The van der Waals surface area contributed by atoms with E-state index in [4.69, 9.17) is 0 Å². The highest BCUT2D eigenvalue weighted by Crippen LogP contribution is 2.55. The van der Waals surface area contributed by atoms with E-state index in [9.17, 15) is 18.0 Å². The Morgan fingerprint density at radius 1 is 1.39 bits per heavy atom. The number of nitrogens with one attached hydrogen (secondary N) is 1. The molecule has 1 unspecified atom stereocenters. The molecule has 18 heavy (non-hydrogen) atoms. The SMILES string of the molecule is CCNC(=O)N1OC1(c1ccccc1)C(F)(F)F. The average molecular weight is 260 g/mol. The molecule has 1 fully saturated rings. The van der Waals surface area contributed by atoms with Gasteiger partial charge in [-0.2, -0.15) is 18.2 Å². The maximum atomic E-state index is 13.1. The number of rotatable bonds is 2. The molecule has 1 aliphatic rings. The Morgan fingerprint density at radius 2 is 2.00 bits per heavy atom. The van der Waals surface area contributed by atoms with Crippen LogP contribution in [0, 0.1) is 0 Å². The maximum Gasteiger partial charge on any atom is 0.446 e. The molecule has 4 nitrogen and oxygen atoms in total. The molecule has 2 rings (SSSR count). The molecule has 1 atom stereocenters. The summed E-state index contributed by atoms with van der Waals surface area (Å²) in [6.07, 6.45) is -4.70. The third-order valence-electron chi connectivity index (χ3n) is 2.54. The number of amides is 2. The molecule has 1 aromatic carbocycles. The van der Waals surface area contributed by atoms with Gasteiger partial charge in [0.2, 0.25) is 0 Å². The number of hydrogen-bond donors (Lipinski definition) is 1. The van der Waals surface area contributed by atoms with Crippen molar-refractivity contribution in [3.63, 3.8) is 0 Å². The number of carbonyl (C=O) groups is 1. The molecular weight excluding hydrogens is 249 g/mol. The molecule has 1 aliphatic heterocycles. The van der Waals surface area contributed by atoms with Crippen LogP contribution in [0.25, 0.3) is 0 Å². The fourth-order valence-corrected chi connectivity index (χ4v) is 1.68. The summed E-state index contributed by atoms with van der Waals surface area (Å²) in [6, 6.07) is 6.14. The first kappa shape index (κ1) is 12.7. The minimum absolute atomic E-state index is 0.122. The van der Waals surface area contributed by atoms with Crippen LogP contribution in [0.5, 0.6) is 0 Å². The van der Waals surface area contributed by atoms with Crippen LogP contribution in [0.1, 0.15) is 12.5 Å². The Hall–Kier alpha value is -1.76. The zero-order valence-corrected chi connectivity index (χ0v) is 9.49. The van der Waals surface area contributed by atoms with E-state index in [2.05, 4.69) is 10.2 Å². The summed E-state index contributed by atoms with van der Waals surface area (Å²) < 4.78 is 39.3. The fraction of sp³-hybridized carbons (Fsp3) is 0.364. The first-order valence-electron chi connectivity index (χ1n) is 5.33. The molecule has 0 radical (unpaired) electrons. The van der Waals surface area contributed by atoms with Gasteiger partial charge in [0.1, 0.15) is 0 Å². The molecule has 2 amide bonds. The van der Waals surface area contributed by atoms with Crippen molar-refractivity contribution < 1.29 is 22.8 Å². The number of halogens is 3. The van der Waals surface area contributed by atoms with Crippen LogP contribution in [0.2, 0.25) is 0 Å². The summed E-state index contributed by atoms with van der Waals surface area (Å²) >= 11 is 0. The van der Waals surface area contributed by atoms with Gasteiger partial charge in [-0.3, -0.25) is 0 Å². The van der Waals surface area contributed by atoms with Gasteiger partial charge in [0.25, 0.3) is 0 Å². The molecule has 1 saturated heterocycles. The zero-order valence-electron chi connectivity index (χ0n) is 9.49. The van der Waals surface area contributed by atoms with E-state index < -0.39 is 17.9 Å². The first-order chi connectivity index (χ1) is 8.43. The van der Waals surface area contributed by atoms with Crippen LogP contribution < -0.4 is 5.32 Å². The highest BCUT2D eigenvalue weighted by molar-refractivity contribution is 5.76. The van der Waals surface area contributed by atoms with Gasteiger partial charge in [0, 0.05) is 12.1 Å². The number of alkyl halides is 3. The van der Waals surface area contributed by atoms with Crippen molar-refractivity contribution in [2.45, 2.75) is 18.8 Å². The van der Waals surface area contributed by atoms with Gasteiger partial charge >= 0.3 is 17.9 Å².